The number of fused-ring (bicyclic) bond motifs is 2. The number of nitrogens with one attached hydrogen (secondary N) is 4. The molecule has 178 valence electrons. The van der Waals surface area contributed by atoms with Crippen LogP contribution in [0.4, 0.5) is 34.4 Å². The van der Waals surface area contributed by atoms with Gasteiger partial charge in [-0.2, -0.15) is 0 Å². The molecule has 0 saturated carbocycles. The number of benzene rings is 4. The van der Waals surface area contributed by atoms with Crippen LogP contribution >= 0.6 is 0 Å². The first-order valence-electron chi connectivity index (χ1n) is 11.4. The highest BCUT2D eigenvalue weighted by molar-refractivity contribution is 5.97. The zero-order valence-corrected chi connectivity index (χ0v) is 19.8. The summed E-state index contributed by atoms with van der Waals surface area (Å²) in [5.74, 6) is 0.852. The molecule has 4 aromatic carbocycles. The molecule has 0 aliphatic rings. The minimum atomic E-state index is -0.126. The molecule has 5 aromatic rings. The molecule has 2 amide bonds. The first-order valence-corrected chi connectivity index (χ1v) is 11.4. The van der Waals surface area contributed by atoms with Gasteiger partial charge in [0.25, 0.3) is 0 Å². The van der Waals surface area contributed by atoms with E-state index in [0.29, 0.717) is 23.0 Å². The lowest BCUT2D eigenvalue weighted by atomic mass is 10.1. The number of hydrogen-bond donors (Lipinski definition) is 4. The summed E-state index contributed by atoms with van der Waals surface area (Å²) in [5.41, 5.74) is 4.53. The molecular weight excluding hydrogens is 452 g/mol. The molecular formula is C28H24N6O2. The normalized spacial score (nSPS) is 10.7. The largest absolute Gasteiger partial charge is 0.337 e. The van der Waals surface area contributed by atoms with Crippen LogP contribution in [0, 0.1) is 0 Å². The first-order chi connectivity index (χ1) is 17.4. The van der Waals surface area contributed by atoms with Crippen LogP contribution in [0.25, 0.3) is 21.8 Å². The third-order valence-electron chi connectivity index (χ3n) is 5.47. The van der Waals surface area contributed by atoms with Crippen molar-refractivity contribution in [1.82, 2.24) is 9.97 Å². The smallest absolute Gasteiger partial charge is 0.221 e. The van der Waals surface area contributed by atoms with Crippen LogP contribution < -0.4 is 21.3 Å². The Bertz CT molecular complexity index is 1460. The number of carbonyl (C=O) groups is 2. The van der Waals surface area contributed by atoms with Gasteiger partial charge in [0.15, 0.2) is 11.6 Å². The van der Waals surface area contributed by atoms with Crippen molar-refractivity contribution in [3.8, 4) is 0 Å². The molecule has 0 fully saturated rings. The van der Waals surface area contributed by atoms with Crippen molar-refractivity contribution in [1.29, 1.82) is 0 Å². The Hall–Kier alpha value is -4.98. The molecule has 1 heterocycles. The molecule has 8 nitrogen and oxygen atoms in total. The van der Waals surface area contributed by atoms with E-state index in [1.807, 2.05) is 84.9 Å². The highest BCUT2D eigenvalue weighted by atomic mass is 16.2. The summed E-state index contributed by atoms with van der Waals surface area (Å²) in [6.45, 7) is 2.95. The van der Waals surface area contributed by atoms with Crippen LogP contribution in [0.3, 0.4) is 0 Å². The number of nitrogens with zero attached hydrogens (tertiary/aromatic N) is 2. The third kappa shape index (κ3) is 5.23. The fourth-order valence-corrected chi connectivity index (χ4v) is 3.87. The van der Waals surface area contributed by atoms with Gasteiger partial charge in [0.05, 0.1) is 11.0 Å². The molecule has 36 heavy (non-hydrogen) atoms. The molecule has 0 radical (unpaired) electrons. The fraction of sp³-hybridized carbons (Fsp3) is 0.0714. The molecule has 8 heteroatoms. The summed E-state index contributed by atoms with van der Waals surface area (Å²) in [7, 11) is 0. The minimum absolute atomic E-state index is 0.126. The van der Waals surface area contributed by atoms with E-state index in [1.165, 1.54) is 13.8 Å². The maximum absolute atomic E-state index is 11.3. The Morgan fingerprint density at radius 2 is 0.917 bits per heavy atom. The van der Waals surface area contributed by atoms with E-state index in [2.05, 4.69) is 21.3 Å². The highest BCUT2D eigenvalue weighted by Gasteiger charge is 2.12. The zero-order valence-electron chi connectivity index (χ0n) is 19.8. The second-order valence-corrected chi connectivity index (χ2v) is 8.38. The van der Waals surface area contributed by atoms with Gasteiger partial charge in [-0.25, -0.2) is 9.97 Å². The lowest BCUT2D eigenvalue weighted by Crippen LogP contribution is -2.06. The van der Waals surface area contributed by atoms with Gasteiger partial charge in [0.1, 0.15) is 0 Å². The molecule has 4 N–H and O–H groups in total. The molecule has 0 saturated heterocycles. The van der Waals surface area contributed by atoms with E-state index in [4.69, 9.17) is 9.97 Å². The lowest BCUT2D eigenvalue weighted by Gasteiger charge is -2.15. The number of amides is 2. The number of rotatable bonds is 6. The lowest BCUT2D eigenvalue weighted by molar-refractivity contribution is -0.115. The van der Waals surface area contributed by atoms with Crippen LogP contribution in [-0.2, 0) is 9.59 Å². The Morgan fingerprint density at radius 1 is 0.556 bits per heavy atom. The molecule has 0 aliphatic heterocycles. The van der Waals surface area contributed by atoms with Crippen molar-refractivity contribution in [2.45, 2.75) is 13.8 Å². The maximum atomic E-state index is 11.3. The Labute approximate surface area is 207 Å². The molecule has 0 aliphatic carbocycles. The van der Waals surface area contributed by atoms with E-state index in [0.717, 1.165) is 33.2 Å². The summed E-state index contributed by atoms with van der Waals surface area (Å²) in [4.78, 5) is 32.4. The average Bonchev–Trinajstić information content (AvgIpc) is 2.85. The zero-order chi connectivity index (χ0) is 25.1. The van der Waals surface area contributed by atoms with Crippen LogP contribution in [0.5, 0.6) is 0 Å². The first kappa shape index (κ1) is 22.8. The summed E-state index contributed by atoms with van der Waals surface area (Å²) in [5, 5.41) is 14.4. The molecule has 0 unspecified atom stereocenters. The van der Waals surface area contributed by atoms with Crippen LogP contribution in [0.2, 0.25) is 0 Å². The third-order valence-corrected chi connectivity index (χ3v) is 5.47. The second-order valence-electron chi connectivity index (χ2n) is 8.38. The van der Waals surface area contributed by atoms with Crippen LogP contribution in [0.15, 0.2) is 84.9 Å². The van der Waals surface area contributed by atoms with Gasteiger partial charge in [0.2, 0.25) is 11.8 Å². The van der Waals surface area contributed by atoms with Crippen LogP contribution in [0.1, 0.15) is 13.8 Å². The van der Waals surface area contributed by atoms with E-state index in [1.54, 1.807) is 0 Å². The van der Waals surface area contributed by atoms with E-state index in [9.17, 15) is 9.59 Å². The summed E-state index contributed by atoms with van der Waals surface area (Å²) in [6.07, 6.45) is 0. The highest BCUT2D eigenvalue weighted by Crippen LogP contribution is 2.30. The van der Waals surface area contributed by atoms with Gasteiger partial charge in [-0.3, -0.25) is 9.59 Å². The van der Waals surface area contributed by atoms with E-state index >= 15 is 0 Å². The number of hydrogen-bond acceptors (Lipinski definition) is 6. The molecule has 0 bridgehead atoms. The predicted octanol–water partition coefficient (Wildman–Crippen LogP) is 6.19. The molecule has 0 spiro atoms. The van der Waals surface area contributed by atoms with Crippen molar-refractivity contribution in [3.63, 3.8) is 0 Å². The molecule has 5 rings (SSSR count). The quantitative estimate of drug-likeness (QED) is 0.218. The van der Waals surface area contributed by atoms with Gasteiger partial charge in [-0.15, -0.1) is 0 Å². The molecule has 1 aromatic heterocycles. The van der Waals surface area contributed by atoms with Gasteiger partial charge < -0.3 is 21.3 Å². The maximum Gasteiger partial charge on any atom is 0.221 e. The fourth-order valence-electron chi connectivity index (χ4n) is 3.87. The monoisotopic (exact) mass is 476 g/mol. The van der Waals surface area contributed by atoms with Crippen molar-refractivity contribution in [2.75, 3.05) is 21.3 Å². The average molecular weight is 477 g/mol. The SMILES string of the molecule is CC(=O)Nc1ccc(Nc2nc3cc4ccccc4cc3nc2Nc2ccc(NC(C)=O)cc2)cc1. The number of anilines is 6. The predicted molar refractivity (Wildman–Crippen MR) is 145 cm³/mol. The van der Waals surface area contributed by atoms with Crippen molar-refractivity contribution < 1.29 is 9.59 Å². The van der Waals surface area contributed by atoms with Crippen molar-refractivity contribution in [3.05, 3.63) is 84.9 Å². The Kier molecular flexibility index (Phi) is 6.15. The van der Waals surface area contributed by atoms with Crippen LogP contribution in [-0.4, -0.2) is 21.8 Å². The summed E-state index contributed by atoms with van der Waals surface area (Å²) < 4.78 is 0. The topological polar surface area (TPSA) is 108 Å². The van der Waals surface area contributed by atoms with Gasteiger partial charge in [-0.05, 0) is 71.4 Å². The standard InChI is InChI=1S/C28H24N6O2/c1-17(35)29-21-7-11-23(12-8-21)31-27-28(32-24-13-9-22(10-14-24)30-18(2)36)34-26-16-20-6-4-3-5-19(20)15-25(26)33-27/h3-16H,1-2H3,(H,29,35)(H,30,36)(H,31,33)(H,32,34). The van der Waals surface area contributed by atoms with Crippen molar-refractivity contribution >= 4 is 68.0 Å². The van der Waals surface area contributed by atoms with Crippen molar-refractivity contribution in [2.24, 2.45) is 0 Å². The minimum Gasteiger partial charge on any atom is -0.337 e. The summed E-state index contributed by atoms with van der Waals surface area (Å²) in [6, 6.07) is 26.9. The second kappa shape index (κ2) is 9.71. The number of aromatic nitrogens is 2. The molecule has 0 atom stereocenters. The van der Waals surface area contributed by atoms with Gasteiger partial charge in [-0.1, -0.05) is 24.3 Å². The Balaban J connectivity index is 1.52. The summed E-state index contributed by atoms with van der Waals surface area (Å²) >= 11 is 0. The van der Waals surface area contributed by atoms with Gasteiger partial charge in [0, 0.05) is 36.6 Å². The van der Waals surface area contributed by atoms with E-state index < -0.39 is 0 Å². The van der Waals surface area contributed by atoms with E-state index in [-0.39, 0.29) is 11.8 Å². The number of carbonyl (C=O) groups excluding carboxylic acids is 2. The Morgan fingerprint density at radius 3 is 1.28 bits per heavy atom. The van der Waals surface area contributed by atoms with Gasteiger partial charge >= 0.3 is 0 Å².